The minimum atomic E-state index is -0.0345. The monoisotopic (exact) mass is 302 g/mol. The van der Waals surface area contributed by atoms with Gasteiger partial charge in [0.25, 0.3) is 0 Å². The molecule has 0 atom stereocenters. The smallest absolute Gasteiger partial charge is 0.163 e. The molecule has 16 heavy (non-hydrogen) atoms. The highest BCUT2D eigenvalue weighted by Crippen LogP contribution is 2.24. The zero-order chi connectivity index (χ0) is 12.1. The third kappa shape index (κ3) is 3.65. The molecule has 0 heterocycles. The van der Waals surface area contributed by atoms with Crippen LogP contribution in [0.15, 0.2) is 34.8 Å². The number of halogens is 2. The molecule has 0 aliphatic heterocycles. The van der Waals surface area contributed by atoms with Crippen LogP contribution in [-0.4, -0.2) is 18.3 Å². The number of carbonyl (C=O) groups excluding carboxylic acids is 1. The predicted molar refractivity (Wildman–Crippen MR) is 69.5 cm³/mol. The van der Waals surface area contributed by atoms with Crippen LogP contribution in [-0.2, 0) is 0 Å². The summed E-state index contributed by atoms with van der Waals surface area (Å²) in [7, 11) is 0. The van der Waals surface area contributed by atoms with Crippen LogP contribution in [0.4, 0.5) is 0 Å². The number of Topliss-reactive ketones (excluding diaryl/α,β-unsaturated/α-hetero) is 1. The molecule has 0 bridgehead atoms. The van der Waals surface area contributed by atoms with Gasteiger partial charge in [-0.05, 0) is 30.7 Å². The quantitative estimate of drug-likeness (QED) is 0.469. The van der Waals surface area contributed by atoms with Crippen LogP contribution in [0.5, 0.6) is 5.75 Å². The van der Waals surface area contributed by atoms with Crippen LogP contribution < -0.4 is 4.74 Å². The average Bonchev–Trinajstić information content (AvgIpc) is 2.26. The number of hydrogen-bond donors (Lipinski definition) is 0. The van der Waals surface area contributed by atoms with E-state index in [9.17, 15) is 4.79 Å². The summed E-state index contributed by atoms with van der Waals surface area (Å²) in [5, 5.41) is 0. The fourth-order valence-electron chi connectivity index (χ4n) is 1.12. The molecule has 86 valence electrons. The van der Waals surface area contributed by atoms with Crippen LogP contribution in [0.1, 0.15) is 17.3 Å². The van der Waals surface area contributed by atoms with Crippen molar-refractivity contribution in [3.63, 3.8) is 0 Å². The van der Waals surface area contributed by atoms with Gasteiger partial charge in [0, 0.05) is 10.4 Å². The number of rotatable bonds is 5. The van der Waals surface area contributed by atoms with Crippen molar-refractivity contribution in [2.24, 2.45) is 0 Å². The van der Waals surface area contributed by atoms with E-state index in [2.05, 4.69) is 22.5 Å². The highest BCUT2D eigenvalue weighted by atomic mass is 79.9. The number of hydrogen-bond acceptors (Lipinski definition) is 2. The Hall–Kier alpha value is -0.800. The maximum absolute atomic E-state index is 11.4. The fourth-order valence-corrected chi connectivity index (χ4v) is 1.56. The van der Waals surface area contributed by atoms with E-state index in [-0.39, 0.29) is 5.78 Å². The molecule has 0 unspecified atom stereocenters. The third-order valence-electron chi connectivity index (χ3n) is 1.94. The summed E-state index contributed by atoms with van der Waals surface area (Å²) in [6.45, 7) is 5.56. The molecule has 0 aromatic heterocycles. The lowest BCUT2D eigenvalue weighted by molar-refractivity contribution is 0.101. The molecule has 0 N–H and O–H groups in total. The Kier molecular flexibility index (Phi) is 5.03. The number of alkyl halides is 1. The lowest BCUT2D eigenvalue weighted by Gasteiger charge is -2.10. The lowest BCUT2D eigenvalue weighted by atomic mass is 10.1. The van der Waals surface area contributed by atoms with Crippen molar-refractivity contribution < 1.29 is 9.53 Å². The van der Waals surface area contributed by atoms with Gasteiger partial charge in [0.05, 0.1) is 5.56 Å². The zero-order valence-electron chi connectivity index (χ0n) is 8.93. The molecule has 0 radical (unpaired) electrons. The summed E-state index contributed by atoms with van der Waals surface area (Å²) in [5.74, 6) is 0.876. The summed E-state index contributed by atoms with van der Waals surface area (Å²) in [4.78, 5) is 11.4. The molecule has 1 rings (SSSR count). The first-order chi connectivity index (χ1) is 7.54. The summed E-state index contributed by atoms with van der Waals surface area (Å²) in [5.41, 5.74) is 1.33. The Labute approximate surface area is 108 Å². The fraction of sp³-hybridized carbons (Fsp3) is 0.250. The molecule has 0 saturated carbocycles. The Bertz CT molecular complexity index is 415. The summed E-state index contributed by atoms with van der Waals surface area (Å²) in [6, 6.07) is 5.31. The van der Waals surface area contributed by atoms with Gasteiger partial charge >= 0.3 is 0 Å². The van der Waals surface area contributed by atoms with Gasteiger partial charge in [-0.15, -0.1) is 11.6 Å². The number of ketones is 1. The Morgan fingerprint density at radius 1 is 1.56 bits per heavy atom. The minimum Gasteiger partial charge on any atom is -0.488 e. The van der Waals surface area contributed by atoms with Crippen molar-refractivity contribution >= 4 is 33.3 Å². The Morgan fingerprint density at radius 3 is 2.81 bits per heavy atom. The molecule has 2 nitrogen and oxygen atoms in total. The predicted octanol–water partition coefficient (Wildman–Crippen LogP) is 3.83. The SMILES string of the molecule is C=C(CCl)COc1ccc(Br)cc1C(C)=O. The van der Waals surface area contributed by atoms with Gasteiger partial charge in [-0.2, -0.15) is 0 Å². The number of benzene rings is 1. The van der Waals surface area contributed by atoms with E-state index >= 15 is 0 Å². The van der Waals surface area contributed by atoms with Crippen molar-refractivity contribution in [2.45, 2.75) is 6.92 Å². The molecule has 0 saturated heterocycles. The molecule has 4 heteroatoms. The van der Waals surface area contributed by atoms with Crippen LogP contribution in [0.3, 0.4) is 0 Å². The Morgan fingerprint density at radius 2 is 2.25 bits per heavy atom. The van der Waals surface area contributed by atoms with Crippen molar-refractivity contribution in [3.05, 3.63) is 40.4 Å². The average molecular weight is 304 g/mol. The second-order valence-corrected chi connectivity index (χ2v) is 4.55. The summed E-state index contributed by atoms with van der Waals surface area (Å²) in [6.07, 6.45) is 0. The molecule has 0 fully saturated rings. The van der Waals surface area contributed by atoms with Crippen LogP contribution in [0.2, 0.25) is 0 Å². The normalized spacial score (nSPS) is 9.94. The van der Waals surface area contributed by atoms with Gasteiger partial charge in [-0.25, -0.2) is 0 Å². The zero-order valence-corrected chi connectivity index (χ0v) is 11.3. The van der Waals surface area contributed by atoms with E-state index in [1.54, 1.807) is 12.1 Å². The topological polar surface area (TPSA) is 26.3 Å². The molecule has 0 spiro atoms. The highest BCUT2D eigenvalue weighted by Gasteiger charge is 2.09. The van der Waals surface area contributed by atoms with E-state index in [0.717, 1.165) is 10.0 Å². The van der Waals surface area contributed by atoms with Gasteiger partial charge in [-0.3, -0.25) is 4.79 Å². The first-order valence-electron chi connectivity index (χ1n) is 4.70. The third-order valence-corrected chi connectivity index (χ3v) is 2.81. The van der Waals surface area contributed by atoms with E-state index in [1.807, 2.05) is 6.07 Å². The maximum atomic E-state index is 11.4. The van der Waals surface area contributed by atoms with Gasteiger partial charge in [0.2, 0.25) is 0 Å². The second kappa shape index (κ2) is 6.06. The summed E-state index contributed by atoms with van der Waals surface area (Å²) < 4.78 is 6.33. The standard InChI is InChI=1S/C12H12BrClO2/c1-8(6-14)7-16-12-4-3-10(13)5-11(12)9(2)15/h3-5H,1,6-7H2,2H3. The second-order valence-electron chi connectivity index (χ2n) is 3.37. The van der Waals surface area contributed by atoms with Crippen molar-refractivity contribution in [2.75, 3.05) is 12.5 Å². The first-order valence-corrected chi connectivity index (χ1v) is 6.03. The van der Waals surface area contributed by atoms with Gasteiger partial charge in [0.1, 0.15) is 12.4 Å². The van der Waals surface area contributed by atoms with Gasteiger partial charge in [0.15, 0.2) is 5.78 Å². The maximum Gasteiger partial charge on any atom is 0.163 e. The van der Waals surface area contributed by atoms with E-state index in [1.165, 1.54) is 6.92 Å². The minimum absolute atomic E-state index is 0.0345. The van der Waals surface area contributed by atoms with Gasteiger partial charge in [-0.1, -0.05) is 22.5 Å². The van der Waals surface area contributed by atoms with Crippen molar-refractivity contribution in [1.82, 2.24) is 0 Å². The molecular formula is C12H12BrClO2. The van der Waals surface area contributed by atoms with Crippen LogP contribution in [0, 0.1) is 0 Å². The molecular weight excluding hydrogens is 291 g/mol. The first kappa shape index (κ1) is 13.3. The van der Waals surface area contributed by atoms with E-state index in [0.29, 0.717) is 23.8 Å². The van der Waals surface area contributed by atoms with E-state index in [4.69, 9.17) is 16.3 Å². The van der Waals surface area contributed by atoms with Crippen molar-refractivity contribution in [1.29, 1.82) is 0 Å². The molecule has 1 aromatic carbocycles. The molecule has 0 amide bonds. The summed E-state index contributed by atoms with van der Waals surface area (Å²) >= 11 is 8.90. The largest absolute Gasteiger partial charge is 0.488 e. The Balaban J connectivity index is 2.87. The highest BCUT2D eigenvalue weighted by molar-refractivity contribution is 9.10. The lowest BCUT2D eigenvalue weighted by Crippen LogP contribution is -2.05. The van der Waals surface area contributed by atoms with E-state index < -0.39 is 0 Å². The molecule has 0 aliphatic rings. The molecule has 1 aromatic rings. The number of ether oxygens (including phenoxy) is 1. The van der Waals surface area contributed by atoms with Crippen LogP contribution in [0.25, 0.3) is 0 Å². The van der Waals surface area contributed by atoms with Crippen LogP contribution >= 0.6 is 27.5 Å². The van der Waals surface area contributed by atoms with Gasteiger partial charge < -0.3 is 4.74 Å². The van der Waals surface area contributed by atoms with Crippen molar-refractivity contribution in [3.8, 4) is 5.75 Å². The molecule has 0 aliphatic carbocycles. The number of carbonyl (C=O) groups is 1.